The number of ether oxygens (including phenoxy) is 1. The molecule has 0 aliphatic rings. The van der Waals surface area contributed by atoms with Crippen LogP contribution in [0.1, 0.15) is 26.1 Å². The molecule has 4 nitrogen and oxygen atoms in total. The quantitative estimate of drug-likeness (QED) is 0.870. The van der Waals surface area contributed by atoms with Gasteiger partial charge in [-0.05, 0) is 25.5 Å². The second-order valence-electron chi connectivity index (χ2n) is 4.65. The number of nitrogens with one attached hydrogen (secondary N) is 1. The average Bonchev–Trinajstić information content (AvgIpc) is 2.89. The number of nitrogens with zero attached hydrogens (tertiary/aromatic N) is 1. The molecule has 0 radical (unpaired) electrons. The van der Waals surface area contributed by atoms with Crippen LogP contribution >= 0.6 is 0 Å². The molecule has 2 aromatic rings. The van der Waals surface area contributed by atoms with Gasteiger partial charge < -0.3 is 15.5 Å². The van der Waals surface area contributed by atoms with E-state index in [1.54, 1.807) is 7.11 Å². The van der Waals surface area contributed by atoms with Gasteiger partial charge >= 0.3 is 0 Å². The van der Waals surface area contributed by atoms with Crippen LogP contribution in [0.25, 0.3) is 11.3 Å². The first-order chi connectivity index (χ1) is 8.56. The summed E-state index contributed by atoms with van der Waals surface area (Å²) in [4.78, 5) is 7.65. The number of aromatic amines is 1. The van der Waals surface area contributed by atoms with Crippen LogP contribution in [-0.2, 0) is 5.54 Å². The Kier molecular flexibility index (Phi) is 3.39. The normalized spacial score (nSPS) is 14.2. The van der Waals surface area contributed by atoms with Gasteiger partial charge in [-0.1, -0.05) is 19.1 Å². The fourth-order valence-electron chi connectivity index (χ4n) is 1.72. The van der Waals surface area contributed by atoms with E-state index in [-0.39, 0.29) is 0 Å². The van der Waals surface area contributed by atoms with Crippen molar-refractivity contribution in [1.29, 1.82) is 0 Å². The Bertz CT molecular complexity index is 531. The van der Waals surface area contributed by atoms with Crippen LogP contribution in [0.5, 0.6) is 5.75 Å². The highest BCUT2D eigenvalue weighted by molar-refractivity contribution is 5.60. The molecule has 96 valence electrons. The lowest BCUT2D eigenvalue weighted by Crippen LogP contribution is -2.33. The number of rotatable bonds is 4. The molecule has 1 atom stereocenters. The van der Waals surface area contributed by atoms with Crippen LogP contribution in [0.3, 0.4) is 0 Å². The fraction of sp³-hybridized carbons (Fsp3) is 0.357. The molecule has 4 heteroatoms. The summed E-state index contributed by atoms with van der Waals surface area (Å²) in [5.74, 6) is 1.64. The lowest BCUT2D eigenvalue weighted by Gasteiger charge is -2.19. The van der Waals surface area contributed by atoms with Crippen molar-refractivity contribution in [2.24, 2.45) is 5.73 Å². The molecule has 0 spiro atoms. The molecule has 1 heterocycles. The Labute approximate surface area is 107 Å². The van der Waals surface area contributed by atoms with Crippen molar-refractivity contribution >= 4 is 0 Å². The first-order valence-electron chi connectivity index (χ1n) is 6.05. The number of hydrogen-bond donors (Lipinski definition) is 2. The van der Waals surface area contributed by atoms with Crippen molar-refractivity contribution in [3.05, 3.63) is 36.3 Å². The molecule has 0 saturated carbocycles. The first-order valence-corrected chi connectivity index (χ1v) is 6.05. The standard InChI is InChI=1S/C14H19N3O/c1-4-14(2,15)13-16-9-12(17-13)10-6-5-7-11(8-10)18-3/h5-9H,4,15H2,1-3H3,(H,16,17). The summed E-state index contributed by atoms with van der Waals surface area (Å²) in [7, 11) is 1.66. The smallest absolute Gasteiger partial charge is 0.126 e. The van der Waals surface area contributed by atoms with Crippen molar-refractivity contribution in [2.75, 3.05) is 7.11 Å². The lowest BCUT2D eigenvalue weighted by atomic mass is 10.00. The lowest BCUT2D eigenvalue weighted by molar-refractivity contribution is 0.415. The first kappa shape index (κ1) is 12.6. The summed E-state index contributed by atoms with van der Waals surface area (Å²) in [5, 5.41) is 0. The molecule has 18 heavy (non-hydrogen) atoms. The van der Waals surface area contributed by atoms with Gasteiger partial charge in [0.1, 0.15) is 11.6 Å². The van der Waals surface area contributed by atoms with E-state index in [0.717, 1.165) is 29.3 Å². The molecular weight excluding hydrogens is 226 g/mol. The third-order valence-electron chi connectivity index (χ3n) is 3.23. The van der Waals surface area contributed by atoms with Crippen LogP contribution in [0.4, 0.5) is 0 Å². The topological polar surface area (TPSA) is 63.9 Å². The SMILES string of the molecule is CCC(C)(N)c1ncc(-c2cccc(OC)c2)[nH]1. The Hall–Kier alpha value is -1.81. The third-order valence-corrected chi connectivity index (χ3v) is 3.23. The maximum absolute atomic E-state index is 6.17. The van der Waals surface area contributed by atoms with E-state index in [2.05, 4.69) is 9.97 Å². The van der Waals surface area contributed by atoms with Gasteiger partial charge in [-0.15, -0.1) is 0 Å². The van der Waals surface area contributed by atoms with Gasteiger partial charge in [0, 0.05) is 5.56 Å². The Morgan fingerprint density at radius 1 is 1.44 bits per heavy atom. The minimum atomic E-state index is -0.420. The van der Waals surface area contributed by atoms with Crippen LogP contribution < -0.4 is 10.5 Å². The molecule has 0 aliphatic carbocycles. The zero-order chi connectivity index (χ0) is 13.2. The van der Waals surface area contributed by atoms with E-state index in [1.165, 1.54) is 0 Å². The number of imidazole rings is 1. The largest absolute Gasteiger partial charge is 0.497 e. The van der Waals surface area contributed by atoms with Crippen LogP contribution in [0, 0.1) is 0 Å². The summed E-state index contributed by atoms with van der Waals surface area (Å²) in [6.07, 6.45) is 2.64. The van der Waals surface area contributed by atoms with Crippen molar-refractivity contribution in [1.82, 2.24) is 9.97 Å². The van der Waals surface area contributed by atoms with Crippen molar-refractivity contribution in [2.45, 2.75) is 25.8 Å². The molecule has 0 fully saturated rings. The highest BCUT2D eigenvalue weighted by atomic mass is 16.5. The molecule has 0 aliphatic heterocycles. The van der Waals surface area contributed by atoms with Gasteiger partial charge in [0.25, 0.3) is 0 Å². The zero-order valence-electron chi connectivity index (χ0n) is 11.0. The number of methoxy groups -OCH3 is 1. The van der Waals surface area contributed by atoms with Crippen molar-refractivity contribution in [3.8, 4) is 17.0 Å². The molecule has 0 bridgehead atoms. The molecule has 1 aromatic carbocycles. The second-order valence-corrected chi connectivity index (χ2v) is 4.65. The average molecular weight is 245 g/mol. The number of aromatic nitrogens is 2. The van der Waals surface area contributed by atoms with Gasteiger partial charge in [-0.2, -0.15) is 0 Å². The van der Waals surface area contributed by atoms with Gasteiger partial charge in [-0.3, -0.25) is 0 Å². The van der Waals surface area contributed by atoms with E-state index >= 15 is 0 Å². The third kappa shape index (κ3) is 2.38. The number of H-pyrrole nitrogens is 1. The summed E-state index contributed by atoms with van der Waals surface area (Å²) in [5.41, 5.74) is 7.74. The molecule has 3 N–H and O–H groups in total. The van der Waals surface area contributed by atoms with Crippen LogP contribution in [0.15, 0.2) is 30.5 Å². The van der Waals surface area contributed by atoms with Gasteiger partial charge in [0.05, 0.1) is 24.5 Å². The molecule has 1 unspecified atom stereocenters. The Morgan fingerprint density at radius 2 is 2.22 bits per heavy atom. The van der Waals surface area contributed by atoms with E-state index < -0.39 is 5.54 Å². The number of benzene rings is 1. The summed E-state index contributed by atoms with van der Waals surface area (Å²) in [6, 6.07) is 7.85. The van der Waals surface area contributed by atoms with E-state index in [9.17, 15) is 0 Å². The highest BCUT2D eigenvalue weighted by Crippen LogP contribution is 2.25. The molecule has 0 amide bonds. The predicted molar refractivity (Wildman–Crippen MR) is 72.4 cm³/mol. The molecular formula is C14H19N3O. The monoisotopic (exact) mass is 245 g/mol. The summed E-state index contributed by atoms with van der Waals surface area (Å²) >= 11 is 0. The minimum Gasteiger partial charge on any atom is -0.497 e. The van der Waals surface area contributed by atoms with Crippen molar-refractivity contribution < 1.29 is 4.74 Å². The van der Waals surface area contributed by atoms with Crippen molar-refractivity contribution in [3.63, 3.8) is 0 Å². The summed E-state index contributed by atoms with van der Waals surface area (Å²) < 4.78 is 5.21. The molecule has 1 aromatic heterocycles. The van der Waals surface area contributed by atoms with Gasteiger partial charge in [-0.25, -0.2) is 4.98 Å². The van der Waals surface area contributed by atoms with Crippen LogP contribution in [-0.4, -0.2) is 17.1 Å². The fourth-order valence-corrected chi connectivity index (χ4v) is 1.72. The Balaban J connectivity index is 2.35. The number of hydrogen-bond acceptors (Lipinski definition) is 3. The maximum atomic E-state index is 6.17. The highest BCUT2D eigenvalue weighted by Gasteiger charge is 2.22. The number of nitrogens with two attached hydrogens (primary N) is 1. The van der Waals surface area contributed by atoms with E-state index in [1.807, 2.05) is 44.3 Å². The predicted octanol–water partition coefficient (Wildman–Crippen LogP) is 2.67. The second kappa shape index (κ2) is 4.82. The zero-order valence-corrected chi connectivity index (χ0v) is 11.0. The van der Waals surface area contributed by atoms with Crippen LogP contribution in [0.2, 0.25) is 0 Å². The maximum Gasteiger partial charge on any atom is 0.126 e. The van der Waals surface area contributed by atoms with E-state index in [0.29, 0.717) is 0 Å². The van der Waals surface area contributed by atoms with E-state index in [4.69, 9.17) is 10.5 Å². The van der Waals surface area contributed by atoms with Gasteiger partial charge in [0.2, 0.25) is 0 Å². The minimum absolute atomic E-state index is 0.420. The van der Waals surface area contributed by atoms with Gasteiger partial charge in [0.15, 0.2) is 0 Å². The molecule has 0 saturated heterocycles. The summed E-state index contributed by atoms with van der Waals surface area (Å²) in [6.45, 7) is 4.02. The Morgan fingerprint density at radius 3 is 2.89 bits per heavy atom. The molecule has 2 rings (SSSR count).